The van der Waals surface area contributed by atoms with Gasteiger partial charge in [-0.05, 0) is 32.7 Å². The van der Waals surface area contributed by atoms with Gasteiger partial charge in [-0.25, -0.2) is 8.42 Å². The Balaban J connectivity index is 0.00000162. The van der Waals surface area contributed by atoms with Crippen LogP contribution in [0.3, 0.4) is 0 Å². The molecule has 2 atom stereocenters. The maximum atomic E-state index is 12.1. The van der Waals surface area contributed by atoms with Crippen LogP contribution in [-0.4, -0.2) is 45.0 Å². The highest BCUT2D eigenvalue weighted by Gasteiger charge is 2.38. The van der Waals surface area contributed by atoms with Crippen molar-refractivity contribution in [3.8, 4) is 0 Å². The van der Waals surface area contributed by atoms with Crippen LogP contribution in [0.25, 0.3) is 0 Å². The molecule has 5 nitrogen and oxygen atoms in total. The maximum absolute atomic E-state index is 12.1. The fraction of sp³-hybridized carbons (Fsp3) is 0.909. The highest BCUT2D eigenvalue weighted by atomic mass is 35.5. The molecule has 0 radical (unpaired) electrons. The summed E-state index contributed by atoms with van der Waals surface area (Å²) in [5, 5.41) is 6.07. The zero-order valence-electron chi connectivity index (χ0n) is 10.6. The average Bonchev–Trinajstić information content (AvgIpc) is 2.65. The lowest BCUT2D eigenvalue weighted by molar-refractivity contribution is -0.129. The van der Waals surface area contributed by atoms with Crippen LogP contribution in [0.1, 0.15) is 26.2 Å². The van der Waals surface area contributed by atoms with Gasteiger partial charge in [0.2, 0.25) is 5.91 Å². The molecule has 2 aliphatic heterocycles. The Morgan fingerprint density at radius 2 is 2.17 bits per heavy atom. The van der Waals surface area contributed by atoms with Gasteiger partial charge in [-0.2, -0.15) is 0 Å². The molecule has 2 rings (SSSR count). The molecular formula is C11H21ClN2O3S. The van der Waals surface area contributed by atoms with E-state index in [0.717, 1.165) is 19.4 Å². The quantitative estimate of drug-likeness (QED) is 0.758. The predicted octanol–water partition coefficient (Wildman–Crippen LogP) is 0.101. The van der Waals surface area contributed by atoms with E-state index in [1.54, 1.807) is 0 Å². The number of halogens is 1. The molecule has 0 aliphatic carbocycles. The summed E-state index contributed by atoms with van der Waals surface area (Å²) in [7, 11) is -2.95. The molecule has 2 N–H and O–H groups in total. The van der Waals surface area contributed by atoms with Gasteiger partial charge in [0.25, 0.3) is 0 Å². The van der Waals surface area contributed by atoms with Gasteiger partial charge in [-0.1, -0.05) is 0 Å². The molecule has 106 valence electrons. The zero-order chi connectivity index (χ0) is 12.5. The molecule has 2 saturated heterocycles. The van der Waals surface area contributed by atoms with Crippen molar-refractivity contribution < 1.29 is 13.2 Å². The number of carbonyl (C=O) groups is 1. The summed E-state index contributed by atoms with van der Waals surface area (Å²) in [6, 6.07) is -0.196. The third kappa shape index (κ3) is 3.59. The number of amides is 1. The third-order valence-corrected chi connectivity index (χ3v) is 5.54. The fourth-order valence-electron chi connectivity index (χ4n) is 2.51. The Morgan fingerprint density at radius 1 is 1.44 bits per heavy atom. The van der Waals surface area contributed by atoms with Crippen LogP contribution in [-0.2, 0) is 14.6 Å². The van der Waals surface area contributed by atoms with Crippen molar-refractivity contribution in [2.45, 2.75) is 32.2 Å². The first-order chi connectivity index (χ1) is 7.91. The Labute approximate surface area is 114 Å². The monoisotopic (exact) mass is 296 g/mol. The molecule has 0 aromatic rings. The molecule has 0 spiro atoms. The molecule has 2 unspecified atom stereocenters. The maximum Gasteiger partial charge on any atom is 0.227 e. The molecular weight excluding hydrogens is 276 g/mol. The number of hydrogen-bond acceptors (Lipinski definition) is 4. The highest BCUT2D eigenvalue weighted by Crippen LogP contribution is 2.25. The van der Waals surface area contributed by atoms with Crippen molar-refractivity contribution in [1.29, 1.82) is 0 Å². The molecule has 0 aromatic heterocycles. The minimum atomic E-state index is -2.95. The first-order valence-corrected chi connectivity index (χ1v) is 7.96. The minimum Gasteiger partial charge on any atom is -0.352 e. The molecule has 7 heteroatoms. The van der Waals surface area contributed by atoms with Gasteiger partial charge in [-0.15, -0.1) is 12.4 Å². The summed E-state index contributed by atoms with van der Waals surface area (Å²) in [6.07, 6.45) is 2.25. The van der Waals surface area contributed by atoms with Crippen LogP contribution in [0.2, 0.25) is 0 Å². The van der Waals surface area contributed by atoms with E-state index in [0.29, 0.717) is 13.0 Å². The topological polar surface area (TPSA) is 75.3 Å². The van der Waals surface area contributed by atoms with Crippen molar-refractivity contribution >= 4 is 28.2 Å². The molecule has 1 amide bonds. The van der Waals surface area contributed by atoms with Gasteiger partial charge in [-0.3, -0.25) is 4.79 Å². The SMILES string of the molecule is CC1(C(=O)NC2CCCS(=O)(=O)C2)CCNC1.Cl. The molecule has 2 aliphatic rings. The van der Waals surface area contributed by atoms with E-state index < -0.39 is 9.84 Å². The van der Waals surface area contributed by atoms with Crippen LogP contribution >= 0.6 is 12.4 Å². The summed E-state index contributed by atoms with van der Waals surface area (Å²) in [4.78, 5) is 12.1. The van der Waals surface area contributed by atoms with Crippen molar-refractivity contribution in [3.05, 3.63) is 0 Å². The van der Waals surface area contributed by atoms with E-state index in [9.17, 15) is 13.2 Å². The van der Waals surface area contributed by atoms with Crippen LogP contribution in [0, 0.1) is 5.41 Å². The second-order valence-corrected chi connectivity index (χ2v) is 7.64. The van der Waals surface area contributed by atoms with Crippen molar-refractivity contribution in [3.63, 3.8) is 0 Å². The Hall–Kier alpha value is -0.330. The van der Waals surface area contributed by atoms with Crippen LogP contribution in [0.15, 0.2) is 0 Å². The van der Waals surface area contributed by atoms with Crippen LogP contribution < -0.4 is 10.6 Å². The molecule has 18 heavy (non-hydrogen) atoms. The lowest BCUT2D eigenvalue weighted by atomic mass is 9.88. The van der Waals surface area contributed by atoms with Gasteiger partial charge >= 0.3 is 0 Å². The molecule has 0 aromatic carbocycles. The summed E-state index contributed by atoms with van der Waals surface area (Å²) >= 11 is 0. The Kier molecular flexibility index (Phi) is 5.03. The second-order valence-electron chi connectivity index (χ2n) is 5.41. The van der Waals surface area contributed by atoms with Crippen molar-refractivity contribution in [1.82, 2.24) is 10.6 Å². The molecule has 2 heterocycles. The van der Waals surface area contributed by atoms with E-state index in [-0.39, 0.29) is 41.3 Å². The van der Waals surface area contributed by atoms with E-state index >= 15 is 0 Å². The van der Waals surface area contributed by atoms with Gasteiger partial charge in [0.05, 0.1) is 16.9 Å². The number of nitrogens with one attached hydrogen (secondary N) is 2. The molecule has 2 fully saturated rings. The first-order valence-electron chi connectivity index (χ1n) is 6.13. The van der Waals surface area contributed by atoms with Gasteiger partial charge < -0.3 is 10.6 Å². The van der Waals surface area contributed by atoms with Gasteiger partial charge in [0.1, 0.15) is 0 Å². The zero-order valence-corrected chi connectivity index (χ0v) is 12.2. The first kappa shape index (κ1) is 15.7. The summed E-state index contributed by atoms with van der Waals surface area (Å²) in [5.41, 5.74) is -0.374. The number of hydrogen-bond donors (Lipinski definition) is 2. The standard InChI is InChI=1S/C11H20N2O3S.ClH/c1-11(4-5-12-8-11)10(14)13-9-3-2-6-17(15,16)7-9;/h9,12H,2-8H2,1H3,(H,13,14);1H. The van der Waals surface area contributed by atoms with E-state index in [2.05, 4.69) is 10.6 Å². The van der Waals surface area contributed by atoms with Crippen molar-refractivity contribution in [2.75, 3.05) is 24.6 Å². The average molecular weight is 297 g/mol. The summed E-state index contributed by atoms with van der Waals surface area (Å²) in [5.74, 6) is 0.352. The predicted molar refractivity (Wildman–Crippen MR) is 72.7 cm³/mol. The van der Waals surface area contributed by atoms with E-state index in [1.807, 2.05) is 6.92 Å². The van der Waals surface area contributed by atoms with Crippen LogP contribution in [0.5, 0.6) is 0 Å². The van der Waals surface area contributed by atoms with E-state index in [4.69, 9.17) is 0 Å². The minimum absolute atomic E-state index is 0. The molecule has 0 bridgehead atoms. The fourth-order valence-corrected chi connectivity index (χ4v) is 4.14. The number of rotatable bonds is 2. The highest BCUT2D eigenvalue weighted by molar-refractivity contribution is 7.91. The van der Waals surface area contributed by atoms with Gasteiger partial charge in [0.15, 0.2) is 9.84 Å². The third-order valence-electron chi connectivity index (χ3n) is 3.72. The van der Waals surface area contributed by atoms with E-state index in [1.165, 1.54) is 0 Å². The lowest BCUT2D eigenvalue weighted by Crippen LogP contribution is -2.49. The second kappa shape index (κ2) is 5.75. The summed E-state index contributed by atoms with van der Waals surface area (Å²) in [6.45, 7) is 3.46. The Bertz CT molecular complexity index is 405. The smallest absolute Gasteiger partial charge is 0.227 e. The van der Waals surface area contributed by atoms with Crippen molar-refractivity contribution in [2.24, 2.45) is 5.41 Å². The lowest BCUT2D eigenvalue weighted by Gasteiger charge is -2.28. The number of sulfone groups is 1. The largest absolute Gasteiger partial charge is 0.352 e. The van der Waals surface area contributed by atoms with Gasteiger partial charge in [0, 0.05) is 12.6 Å². The van der Waals surface area contributed by atoms with Crippen LogP contribution in [0.4, 0.5) is 0 Å². The molecule has 0 saturated carbocycles. The number of carbonyl (C=O) groups excluding carboxylic acids is 1. The Morgan fingerprint density at radius 3 is 2.72 bits per heavy atom. The normalized spacial score (nSPS) is 34.6. The summed E-state index contributed by atoms with van der Waals surface area (Å²) < 4.78 is 23.0.